The van der Waals surface area contributed by atoms with Crippen LogP contribution in [0.1, 0.15) is 38.2 Å². The summed E-state index contributed by atoms with van der Waals surface area (Å²) >= 11 is 0. The molecular weight excluding hydrogens is 232 g/mol. The fourth-order valence-electron chi connectivity index (χ4n) is 1.65. The van der Waals surface area contributed by atoms with Crippen LogP contribution in [0.2, 0.25) is 0 Å². The molecule has 0 bridgehead atoms. The van der Waals surface area contributed by atoms with Gasteiger partial charge in [-0.1, -0.05) is 31.9 Å². The van der Waals surface area contributed by atoms with E-state index in [1.165, 1.54) is 6.07 Å². The molecule has 1 aromatic carbocycles. The second-order valence-electron chi connectivity index (χ2n) is 4.21. The zero-order valence-electron chi connectivity index (χ0n) is 10.7. The summed E-state index contributed by atoms with van der Waals surface area (Å²) in [6, 6.07) is 4.75. The Labute approximate surface area is 107 Å². The minimum Gasteiger partial charge on any atom is -0.504 e. The van der Waals surface area contributed by atoms with E-state index < -0.39 is 0 Å². The van der Waals surface area contributed by atoms with Crippen molar-refractivity contribution in [1.82, 2.24) is 0 Å². The number of hydrogen-bond donors (Lipinski definition) is 2. The maximum absolute atomic E-state index is 11.3. The van der Waals surface area contributed by atoms with Gasteiger partial charge in [0.2, 0.25) is 0 Å². The highest BCUT2D eigenvalue weighted by Gasteiger charge is 2.07. The molecule has 4 heteroatoms. The van der Waals surface area contributed by atoms with Gasteiger partial charge in [-0.15, -0.1) is 0 Å². The molecule has 0 unspecified atom stereocenters. The Balaban J connectivity index is 2.29. The van der Waals surface area contributed by atoms with Gasteiger partial charge in [-0.2, -0.15) is 0 Å². The Kier molecular flexibility index (Phi) is 6.05. The predicted molar refractivity (Wildman–Crippen MR) is 68.6 cm³/mol. The molecule has 1 aromatic rings. The van der Waals surface area contributed by atoms with Crippen molar-refractivity contribution in [3.8, 4) is 11.5 Å². The van der Waals surface area contributed by atoms with Crippen molar-refractivity contribution in [2.24, 2.45) is 0 Å². The number of carbonyl (C=O) groups is 1. The molecule has 0 aliphatic heterocycles. The largest absolute Gasteiger partial charge is 0.504 e. The molecule has 0 atom stereocenters. The zero-order valence-corrected chi connectivity index (χ0v) is 10.7. The number of phenols is 2. The molecule has 0 aromatic heterocycles. The van der Waals surface area contributed by atoms with Crippen LogP contribution < -0.4 is 0 Å². The van der Waals surface area contributed by atoms with Crippen molar-refractivity contribution in [1.29, 1.82) is 0 Å². The molecule has 100 valence electrons. The minimum atomic E-state index is -0.205. The first-order valence-corrected chi connectivity index (χ1v) is 6.30. The van der Waals surface area contributed by atoms with E-state index in [4.69, 9.17) is 4.74 Å². The summed E-state index contributed by atoms with van der Waals surface area (Å²) in [5.74, 6) is -0.496. The summed E-state index contributed by atoms with van der Waals surface area (Å²) in [6.45, 7) is 2.30. The first kappa shape index (κ1) is 14.4. The van der Waals surface area contributed by atoms with Gasteiger partial charge in [0.1, 0.15) is 0 Å². The summed E-state index contributed by atoms with van der Waals surface area (Å²) in [5.41, 5.74) is 0.580. The van der Waals surface area contributed by atoms with Gasteiger partial charge in [-0.3, -0.25) is 4.79 Å². The molecule has 0 aliphatic rings. The first-order valence-electron chi connectivity index (χ1n) is 6.30. The van der Waals surface area contributed by atoms with Crippen LogP contribution in [0.25, 0.3) is 0 Å². The number of carbonyl (C=O) groups excluding carboxylic acids is 1. The number of benzene rings is 1. The maximum Gasteiger partial charge on any atom is 0.305 e. The van der Waals surface area contributed by atoms with Crippen LogP contribution in [0.15, 0.2) is 18.2 Å². The SMILES string of the molecule is CCCCCC(=O)OCCc1cccc(O)c1O. The Morgan fingerprint density at radius 2 is 2.06 bits per heavy atom. The number of phenolic OH excluding ortho intramolecular Hbond substituents is 2. The second kappa shape index (κ2) is 7.58. The molecule has 1 rings (SSSR count). The molecule has 0 spiro atoms. The highest BCUT2D eigenvalue weighted by molar-refractivity contribution is 5.69. The van der Waals surface area contributed by atoms with Gasteiger partial charge in [-0.05, 0) is 12.5 Å². The molecule has 0 saturated carbocycles. The van der Waals surface area contributed by atoms with E-state index in [1.54, 1.807) is 12.1 Å². The Hall–Kier alpha value is -1.71. The van der Waals surface area contributed by atoms with Crippen LogP contribution >= 0.6 is 0 Å². The molecule has 0 aliphatic carbocycles. The molecular formula is C14H20O4. The number of esters is 1. The molecule has 18 heavy (non-hydrogen) atoms. The number of aromatic hydroxyl groups is 2. The predicted octanol–water partition coefficient (Wildman–Crippen LogP) is 2.76. The molecule has 0 fully saturated rings. The fourth-order valence-corrected chi connectivity index (χ4v) is 1.65. The summed E-state index contributed by atoms with van der Waals surface area (Å²) in [5, 5.41) is 18.8. The van der Waals surface area contributed by atoms with Crippen molar-refractivity contribution in [3.63, 3.8) is 0 Å². The van der Waals surface area contributed by atoms with E-state index in [1.807, 2.05) is 0 Å². The Morgan fingerprint density at radius 1 is 1.28 bits per heavy atom. The summed E-state index contributed by atoms with van der Waals surface area (Å²) < 4.78 is 5.06. The average Bonchev–Trinajstić information content (AvgIpc) is 2.35. The summed E-state index contributed by atoms with van der Waals surface area (Å²) in [6.07, 6.45) is 3.80. The van der Waals surface area contributed by atoms with E-state index in [0.717, 1.165) is 19.3 Å². The Morgan fingerprint density at radius 3 is 2.78 bits per heavy atom. The zero-order chi connectivity index (χ0) is 13.4. The lowest BCUT2D eigenvalue weighted by Gasteiger charge is -2.07. The van der Waals surface area contributed by atoms with E-state index >= 15 is 0 Å². The molecule has 4 nitrogen and oxygen atoms in total. The molecule has 0 radical (unpaired) electrons. The van der Waals surface area contributed by atoms with Gasteiger partial charge in [0.25, 0.3) is 0 Å². The second-order valence-corrected chi connectivity index (χ2v) is 4.21. The van der Waals surface area contributed by atoms with Crippen LogP contribution in [-0.2, 0) is 16.0 Å². The van der Waals surface area contributed by atoms with Gasteiger partial charge in [0.05, 0.1) is 6.61 Å². The minimum absolute atomic E-state index is 0.139. The standard InChI is InChI=1S/C14H20O4/c1-2-3-4-8-13(16)18-10-9-11-6-5-7-12(15)14(11)17/h5-7,15,17H,2-4,8-10H2,1H3. The van der Waals surface area contributed by atoms with E-state index in [9.17, 15) is 15.0 Å². The highest BCUT2D eigenvalue weighted by Crippen LogP contribution is 2.28. The van der Waals surface area contributed by atoms with Crippen molar-refractivity contribution < 1.29 is 19.7 Å². The number of ether oxygens (including phenoxy) is 1. The van der Waals surface area contributed by atoms with E-state index in [0.29, 0.717) is 18.4 Å². The van der Waals surface area contributed by atoms with Crippen LogP contribution in [0, 0.1) is 0 Å². The van der Waals surface area contributed by atoms with Crippen LogP contribution in [0.3, 0.4) is 0 Å². The number of para-hydroxylation sites is 1. The van der Waals surface area contributed by atoms with E-state index in [-0.39, 0.29) is 24.1 Å². The third-order valence-corrected chi connectivity index (χ3v) is 2.72. The quantitative estimate of drug-likeness (QED) is 0.445. The average molecular weight is 252 g/mol. The molecule has 2 N–H and O–H groups in total. The summed E-state index contributed by atoms with van der Waals surface area (Å²) in [4.78, 5) is 11.3. The molecule has 0 amide bonds. The van der Waals surface area contributed by atoms with Crippen molar-refractivity contribution in [2.75, 3.05) is 6.61 Å². The Bertz CT molecular complexity index is 387. The van der Waals surface area contributed by atoms with Crippen LogP contribution in [0.4, 0.5) is 0 Å². The number of rotatable bonds is 7. The van der Waals surface area contributed by atoms with E-state index in [2.05, 4.69) is 6.92 Å². The number of unbranched alkanes of at least 4 members (excludes halogenated alkanes) is 2. The third-order valence-electron chi connectivity index (χ3n) is 2.72. The van der Waals surface area contributed by atoms with Gasteiger partial charge in [0.15, 0.2) is 11.5 Å². The van der Waals surface area contributed by atoms with Gasteiger partial charge in [0, 0.05) is 18.4 Å². The highest BCUT2D eigenvalue weighted by atomic mass is 16.5. The lowest BCUT2D eigenvalue weighted by molar-refractivity contribution is -0.143. The lowest BCUT2D eigenvalue weighted by Crippen LogP contribution is -2.07. The van der Waals surface area contributed by atoms with Crippen LogP contribution in [0.5, 0.6) is 11.5 Å². The smallest absolute Gasteiger partial charge is 0.305 e. The maximum atomic E-state index is 11.3. The van der Waals surface area contributed by atoms with Crippen LogP contribution in [-0.4, -0.2) is 22.8 Å². The van der Waals surface area contributed by atoms with Gasteiger partial charge >= 0.3 is 5.97 Å². The summed E-state index contributed by atoms with van der Waals surface area (Å²) in [7, 11) is 0. The monoisotopic (exact) mass is 252 g/mol. The van der Waals surface area contributed by atoms with Crippen molar-refractivity contribution in [2.45, 2.75) is 39.0 Å². The van der Waals surface area contributed by atoms with Gasteiger partial charge < -0.3 is 14.9 Å². The van der Waals surface area contributed by atoms with Crippen molar-refractivity contribution in [3.05, 3.63) is 23.8 Å². The molecule has 0 saturated heterocycles. The van der Waals surface area contributed by atoms with Gasteiger partial charge in [-0.25, -0.2) is 0 Å². The topological polar surface area (TPSA) is 66.8 Å². The first-order chi connectivity index (χ1) is 8.65. The lowest BCUT2D eigenvalue weighted by atomic mass is 10.1. The third kappa shape index (κ3) is 4.65. The normalized spacial score (nSPS) is 10.3. The fraction of sp³-hybridized carbons (Fsp3) is 0.500. The molecule has 0 heterocycles. The van der Waals surface area contributed by atoms with Crippen molar-refractivity contribution >= 4 is 5.97 Å². The number of hydrogen-bond acceptors (Lipinski definition) is 4.